The summed E-state index contributed by atoms with van der Waals surface area (Å²) in [6.45, 7) is 1.98. The molecule has 0 aromatic heterocycles. The van der Waals surface area contributed by atoms with E-state index >= 15 is 0 Å². The van der Waals surface area contributed by atoms with Crippen LogP contribution in [0.25, 0.3) is 6.08 Å². The first-order valence-corrected chi connectivity index (χ1v) is 13.9. The number of hydrogen-bond acceptors (Lipinski definition) is 8. The number of nitrogens with one attached hydrogen (secondary N) is 1. The van der Waals surface area contributed by atoms with Gasteiger partial charge in [0.1, 0.15) is 12.4 Å². The summed E-state index contributed by atoms with van der Waals surface area (Å²) < 4.78 is 16.8. The quantitative estimate of drug-likeness (QED) is 0.207. The van der Waals surface area contributed by atoms with E-state index < -0.39 is 23.9 Å². The highest BCUT2D eigenvalue weighted by Crippen LogP contribution is 2.34. The number of ether oxygens (including phenoxy) is 3. The molecule has 2 amide bonds. The number of carboxylic acid groups (broad SMARTS) is 1. The third-order valence-electron chi connectivity index (χ3n) is 5.88. The Morgan fingerprint density at radius 2 is 1.85 bits per heavy atom. The van der Waals surface area contributed by atoms with Crippen molar-refractivity contribution in [2.45, 2.75) is 26.1 Å². The van der Waals surface area contributed by atoms with Crippen LogP contribution in [0.3, 0.4) is 0 Å². The fourth-order valence-corrected chi connectivity index (χ4v) is 5.06. The van der Waals surface area contributed by atoms with Crippen molar-refractivity contribution in [2.75, 3.05) is 7.11 Å². The van der Waals surface area contributed by atoms with E-state index in [-0.39, 0.29) is 28.0 Å². The lowest BCUT2D eigenvalue weighted by Gasteiger charge is -2.16. The Balaban J connectivity index is 1.40. The van der Waals surface area contributed by atoms with Gasteiger partial charge in [0.25, 0.3) is 11.8 Å². The molecule has 1 heterocycles. The molecule has 2 N–H and O–H groups in total. The van der Waals surface area contributed by atoms with Gasteiger partial charge in [0.05, 0.1) is 12.0 Å². The van der Waals surface area contributed by atoms with Crippen molar-refractivity contribution in [1.29, 1.82) is 0 Å². The highest BCUT2D eigenvalue weighted by atomic mass is 35.5. The van der Waals surface area contributed by atoms with Gasteiger partial charge in [-0.05, 0) is 72.7 Å². The summed E-state index contributed by atoms with van der Waals surface area (Å²) in [4.78, 5) is 37.5. The number of rotatable bonds is 11. The molecule has 1 aliphatic heterocycles. The molecule has 212 valence electrons. The van der Waals surface area contributed by atoms with E-state index in [9.17, 15) is 19.5 Å². The van der Waals surface area contributed by atoms with Gasteiger partial charge in [-0.1, -0.05) is 54.6 Å². The van der Waals surface area contributed by atoms with E-state index in [1.165, 1.54) is 7.11 Å². The SMILES string of the molecule is CCC(Oc1ccc(/C=C2/SC(=S)N(NC(=O)c3ccc(OCc4ccccc4Cl)cc3)C2=O)cc1OC)C(=O)O. The Hall–Kier alpha value is -4.06. The Morgan fingerprint density at radius 1 is 1.12 bits per heavy atom. The van der Waals surface area contributed by atoms with Crippen LogP contribution in [0.5, 0.6) is 17.2 Å². The molecule has 0 spiro atoms. The summed E-state index contributed by atoms with van der Waals surface area (Å²) >= 11 is 12.5. The van der Waals surface area contributed by atoms with Crippen LogP contribution in [0, 0.1) is 0 Å². The number of thiocarbonyl (C=S) groups is 1. The summed E-state index contributed by atoms with van der Waals surface area (Å²) in [7, 11) is 1.43. The zero-order valence-electron chi connectivity index (χ0n) is 22.0. The highest BCUT2D eigenvalue weighted by Gasteiger charge is 2.34. The normalized spacial score (nSPS) is 14.6. The van der Waals surface area contributed by atoms with Crippen LogP contribution in [0.1, 0.15) is 34.8 Å². The molecule has 3 aromatic rings. The smallest absolute Gasteiger partial charge is 0.344 e. The number of nitrogens with zero attached hydrogens (tertiary/aromatic N) is 1. The summed E-state index contributed by atoms with van der Waals surface area (Å²) in [5.41, 5.74) is 4.29. The summed E-state index contributed by atoms with van der Waals surface area (Å²) in [5.74, 6) is -0.978. The third-order valence-corrected chi connectivity index (χ3v) is 7.55. The van der Waals surface area contributed by atoms with Crippen LogP contribution in [0.4, 0.5) is 0 Å². The molecule has 1 unspecified atom stereocenters. The minimum Gasteiger partial charge on any atom is -0.493 e. The predicted molar refractivity (Wildman–Crippen MR) is 160 cm³/mol. The maximum Gasteiger partial charge on any atom is 0.344 e. The molecular weight excluding hydrogens is 588 g/mol. The molecule has 12 heteroatoms. The molecule has 1 atom stereocenters. The van der Waals surface area contributed by atoms with Gasteiger partial charge in [0, 0.05) is 16.1 Å². The lowest BCUT2D eigenvalue weighted by molar-refractivity contribution is -0.145. The first-order valence-electron chi connectivity index (χ1n) is 12.3. The third kappa shape index (κ3) is 7.37. The summed E-state index contributed by atoms with van der Waals surface area (Å²) in [6.07, 6.45) is 0.847. The van der Waals surface area contributed by atoms with E-state index in [1.807, 2.05) is 18.2 Å². The first-order chi connectivity index (χ1) is 19.7. The minimum absolute atomic E-state index is 0.161. The van der Waals surface area contributed by atoms with Gasteiger partial charge in [0.2, 0.25) is 0 Å². The molecule has 1 fully saturated rings. The maximum atomic E-state index is 13.1. The molecule has 0 saturated carbocycles. The Kier molecular flexibility index (Phi) is 9.87. The maximum absolute atomic E-state index is 13.1. The average molecular weight is 613 g/mol. The fourth-order valence-electron chi connectivity index (χ4n) is 3.69. The second-order valence-electron chi connectivity index (χ2n) is 8.63. The second-order valence-corrected chi connectivity index (χ2v) is 10.7. The fraction of sp³-hybridized carbons (Fsp3) is 0.172. The first kappa shape index (κ1) is 29.9. The van der Waals surface area contributed by atoms with E-state index in [1.54, 1.807) is 61.5 Å². The van der Waals surface area contributed by atoms with E-state index in [4.69, 9.17) is 38.0 Å². The number of halogens is 1. The number of carbonyl (C=O) groups is 3. The molecule has 1 saturated heterocycles. The highest BCUT2D eigenvalue weighted by molar-refractivity contribution is 8.26. The number of hydrazine groups is 1. The van der Waals surface area contributed by atoms with Crippen molar-refractivity contribution in [1.82, 2.24) is 10.4 Å². The van der Waals surface area contributed by atoms with Gasteiger partial charge in [-0.3, -0.25) is 15.0 Å². The summed E-state index contributed by atoms with van der Waals surface area (Å²) in [6, 6.07) is 18.7. The molecule has 4 rings (SSSR count). The number of carboxylic acids is 1. The van der Waals surface area contributed by atoms with Crippen LogP contribution >= 0.6 is 35.6 Å². The van der Waals surface area contributed by atoms with Crippen molar-refractivity contribution in [3.63, 3.8) is 0 Å². The minimum atomic E-state index is -1.08. The zero-order valence-corrected chi connectivity index (χ0v) is 24.3. The Morgan fingerprint density at radius 3 is 2.51 bits per heavy atom. The molecule has 3 aromatic carbocycles. The number of amides is 2. The molecular formula is C29H25ClN2O7S2. The van der Waals surface area contributed by atoms with Gasteiger partial charge in [-0.2, -0.15) is 5.01 Å². The zero-order chi connectivity index (χ0) is 29.5. The lowest BCUT2D eigenvalue weighted by atomic mass is 10.1. The van der Waals surface area contributed by atoms with Gasteiger partial charge in [-0.25, -0.2) is 4.79 Å². The second kappa shape index (κ2) is 13.5. The van der Waals surface area contributed by atoms with E-state index in [2.05, 4.69) is 5.43 Å². The van der Waals surface area contributed by atoms with E-state index in [0.717, 1.165) is 22.3 Å². The van der Waals surface area contributed by atoms with E-state index in [0.29, 0.717) is 27.6 Å². The monoisotopic (exact) mass is 612 g/mol. The van der Waals surface area contributed by atoms with Crippen LogP contribution in [0.15, 0.2) is 71.6 Å². The van der Waals surface area contributed by atoms with Crippen LogP contribution in [-0.2, 0) is 16.2 Å². The van der Waals surface area contributed by atoms with Crippen molar-refractivity contribution >= 4 is 63.8 Å². The van der Waals surface area contributed by atoms with Gasteiger partial charge in [-0.15, -0.1) is 0 Å². The molecule has 1 aliphatic rings. The molecule has 0 radical (unpaired) electrons. The van der Waals surface area contributed by atoms with Crippen molar-refractivity contribution in [3.8, 4) is 17.2 Å². The van der Waals surface area contributed by atoms with Crippen molar-refractivity contribution in [3.05, 3.63) is 93.3 Å². The van der Waals surface area contributed by atoms with Crippen LogP contribution in [-0.4, -0.2) is 45.4 Å². The van der Waals surface area contributed by atoms with Gasteiger partial charge < -0.3 is 19.3 Å². The Labute approximate surface area is 251 Å². The summed E-state index contributed by atoms with van der Waals surface area (Å²) in [5, 5.41) is 10.9. The van der Waals surface area contributed by atoms with Gasteiger partial charge in [0.15, 0.2) is 21.9 Å². The topological polar surface area (TPSA) is 114 Å². The number of carbonyl (C=O) groups excluding carboxylic acids is 2. The molecule has 0 aliphatic carbocycles. The number of hydrogen-bond donors (Lipinski definition) is 2. The van der Waals surface area contributed by atoms with Crippen LogP contribution < -0.4 is 19.6 Å². The average Bonchev–Trinajstić information content (AvgIpc) is 3.23. The molecule has 41 heavy (non-hydrogen) atoms. The van der Waals surface area contributed by atoms with Crippen LogP contribution in [0.2, 0.25) is 5.02 Å². The van der Waals surface area contributed by atoms with Gasteiger partial charge >= 0.3 is 5.97 Å². The standard InChI is InChI=1S/C29H25ClN2O7S2/c1-3-22(28(35)36)39-23-13-8-17(14-24(23)37-2)15-25-27(34)32(29(40)41-25)31-26(33)18-9-11-20(12-10-18)38-16-19-6-4-5-7-21(19)30/h4-15,22H,3,16H2,1-2H3,(H,31,33)(H,35,36)/b25-15+. The number of methoxy groups -OCH3 is 1. The lowest BCUT2D eigenvalue weighted by Crippen LogP contribution is -2.44. The van der Waals surface area contributed by atoms with Crippen molar-refractivity contribution < 1.29 is 33.7 Å². The Bertz CT molecular complexity index is 1510. The molecule has 0 bridgehead atoms. The molecule has 9 nitrogen and oxygen atoms in total. The van der Waals surface area contributed by atoms with Crippen molar-refractivity contribution in [2.24, 2.45) is 0 Å². The number of benzene rings is 3. The largest absolute Gasteiger partial charge is 0.493 e. The number of aliphatic carboxylic acids is 1. The predicted octanol–water partition coefficient (Wildman–Crippen LogP) is 5.72. The number of thioether (sulfide) groups is 1.